The summed E-state index contributed by atoms with van der Waals surface area (Å²) in [4.78, 5) is 17.1. The Morgan fingerprint density at radius 3 is 2.61 bits per heavy atom. The van der Waals surface area contributed by atoms with E-state index >= 15 is 0 Å². The van der Waals surface area contributed by atoms with E-state index in [-0.39, 0.29) is 42.4 Å². The molecule has 2 unspecified atom stereocenters. The highest BCUT2D eigenvalue weighted by atomic mass is 32.2. The predicted molar refractivity (Wildman–Crippen MR) is 126 cm³/mol. The van der Waals surface area contributed by atoms with Crippen LogP contribution in [0.25, 0.3) is 0 Å². The number of carbonyl (C=O) groups is 1. The number of morpholine rings is 1. The van der Waals surface area contributed by atoms with E-state index in [4.69, 9.17) is 9.47 Å². The maximum absolute atomic E-state index is 13.1. The topological polar surface area (TPSA) is 97.8 Å². The number of carbonyl (C=O) groups excluding carboxylic acids is 1. The summed E-state index contributed by atoms with van der Waals surface area (Å²) in [6.07, 6.45) is -0.396. The Bertz CT molecular complexity index is 1200. The number of thiazole rings is 1. The summed E-state index contributed by atoms with van der Waals surface area (Å²) in [7, 11) is -3.75. The molecule has 2 heterocycles. The first-order valence-electron chi connectivity index (χ1n) is 10.5. The summed E-state index contributed by atoms with van der Waals surface area (Å²) >= 11 is 1.41. The van der Waals surface area contributed by atoms with Crippen LogP contribution in [-0.2, 0) is 26.1 Å². The average Bonchev–Trinajstić information content (AvgIpc) is 3.25. The molecule has 0 bridgehead atoms. The molecule has 1 saturated heterocycles. The zero-order valence-electron chi connectivity index (χ0n) is 18.3. The van der Waals surface area contributed by atoms with Gasteiger partial charge in [0.1, 0.15) is 6.61 Å². The predicted octanol–water partition coefficient (Wildman–Crippen LogP) is 4.04. The van der Waals surface area contributed by atoms with Crippen LogP contribution in [0, 0.1) is 0 Å². The summed E-state index contributed by atoms with van der Waals surface area (Å²) < 4.78 is 38.6. The summed E-state index contributed by atoms with van der Waals surface area (Å²) in [5.41, 5.74) is 1.69. The van der Waals surface area contributed by atoms with Crippen molar-refractivity contribution in [1.82, 2.24) is 9.29 Å². The fraction of sp³-hybridized carbons (Fsp3) is 0.304. The Kier molecular flexibility index (Phi) is 7.08. The summed E-state index contributed by atoms with van der Waals surface area (Å²) in [5.74, 6) is -0.610. The molecule has 1 aliphatic heterocycles. The molecule has 33 heavy (non-hydrogen) atoms. The molecule has 0 aliphatic carbocycles. The van der Waals surface area contributed by atoms with Gasteiger partial charge in [-0.15, -0.1) is 11.3 Å². The van der Waals surface area contributed by atoms with Crippen molar-refractivity contribution >= 4 is 38.1 Å². The molecule has 8 nitrogen and oxygen atoms in total. The normalized spacial score (nSPS) is 19.2. The Morgan fingerprint density at radius 1 is 1.15 bits per heavy atom. The lowest BCUT2D eigenvalue weighted by molar-refractivity contribution is -0.0440. The van der Waals surface area contributed by atoms with Crippen molar-refractivity contribution in [2.24, 2.45) is 0 Å². The Balaban J connectivity index is 1.40. The fourth-order valence-electron chi connectivity index (χ4n) is 3.56. The highest BCUT2D eigenvalue weighted by molar-refractivity contribution is 7.89. The van der Waals surface area contributed by atoms with Crippen LogP contribution < -0.4 is 5.32 Å². The SMILES string of the molecule is CC1CN(S(=O)(=O)c2cccc(C(=O)OCc3csc(Nc4ccccc4)n3)c2)CC(C)O1. The van der Waals surface area contributed by atoms with Crippen LogP contribution in [0.5, 0.6) is 0 Å². The molecular formula is C23H25N3O5S2. The average molecular weight is 488 g/mol. The van der Waals surface area contributed by atoms with Crippen LogP contribution in [0.15, 0.2) is 64.9 Å². The number of rotatable bonds is 7. The van der Waals surface area contributed by atoms with Crippen LogP contribution in [0.4, 0.5) is 10.8 Å². The van der Waals surface area contributed by atoms with E-state index in [1.54, 1.807) is 11.4 Å². The van der Waals surface area contributed by atoms with E-state index in [9.17, 15) is 13.2 Å². The number of nitrogens with zero attached hydrogens (tertiary/aromatic N) is 2. The molecule has 0 saturated carbocycles. The lowest BCUT2D eigenvalue weighted by Gasteiger charge is -2.34. The number of sulfonamides is 1. The molecule has 2 atom stereocenters. The lowest BCUT2D eigenvalue weighted by Crippen LogP contribution is -2.48. The summed E-state index contributed by atoms with van der Waals surface area (Å²) in [6, 6.07) is 15.6. The van der Waals surface area contributed by atoms with E-state index in [1.165, 1.54) is 33.8 Å². The Labute approximate surface area is 197 Å². The van der Waals surface area contributed by atoms with E-state index in [1.807, 2.05) is 44.2 Å². The first kappa shape index (κ1) is 23.4. The molecule has 1 aliphatic rings. The minimum absolute atomic E-state index is 0.0126. The largest absolute Gasteiger partial charge is 0.456 e. The highest BCUT2D eigenvalue weighted by Gasteiger charge is 2.32. The lowest BCUT2D eigenvalue weighted by atomic mass is 10.2. The molecule has 1 fully saturated rings. The van der Waals surface area contributed by atoms with Gasteiger partial charge in [0.2, 0.25) is 10.0 Å². The van der Waals surface area contributed by atoms with E-state index < -0.39 is 16.0 Å². The van der Waals surface area contributed by atoms with Crippen LogP contribution >= 0.6 is 11.3 Å². The van der Waals surface area contributed by atoms with Gasteiger partial charge in [-0.1, -0.05) is 24.3 Å². The molecule has 0 radical (unpaired) electrons. The number of para-hydroxylation sites is 1. The number of hydrogen-bond acceptors (Lipinski definition) is 8. The van der Waals surface area contributed by atoms with Gasteiger partial charge in [0.25, 0.3) is 0 Å². The van der Waals surface area contributed by atoms with Crippen LogP contribution in [0.1, 0.15) is 29.9 Å². The zero-order valence-corrected chi connectivity index (χ0v) is 19.9. The molecule has 0 spiro atoms. The smallest absolute Gasteiger partial charge is 0.338 e. The molecule has 1 aromatic heterocycles. The van der Waals surface area contributed by atoms with Crippen molar-refractivity contribution in [2.45, 2.75) is 37.6 Å². The van der Waals surface area contributed by atoms with Gasteiger partial charge in [-0.2, -0.15) is 4.31 Å². The van der Waals surface area contributed by atoms with Crippen LogP contribution in [0.2, 0.25) is 0 Å². The second-order valence-electron chi connectivity index (χ2n) is 7.82. The molecule has 3 aromatic rings. The van der Waals surface area contributed by atoms with Gasteiger partial charge < -0.3 is 14.8 Å². The number of esters is 1. The first-order chi connectivity index (χ1) is 15.8. The van der Waals surface area contributed by atoms with Crippen molar-refractivity contribution in [3.8, 4) is 0 Å². The third-order valence-electron chi connectivity index (χ3n) is 5.02. The number of aromatic nitrogens is 1. The molecule has 0 amide bonds. The molecule has 2 aromatic carbocycles. The van der Waals surface area contributed by atoms with Gasteiger partial charge in [-0.05, 0) is 44.2 Å². The van der Waals surface area contributed by atoms with Crippen LogP contribution in [0.3, 0.4) is 0 Å². The highest BCUT2D eigenvalue weighted by Crippen LogP contribution is 2.23. The monoisotopic (exact) mass is 487 g/mol. The number of benzene rings is 2. The van der Waals surface area contributed by atoms with E-state index in [2.05, 4.69) is 10.3 Å². The van der Waals surface area contributed by atoms with Crippen LogP contribution in [-0.4, -0.2) is 49.0 Å². The number of anilines is 2. The Morgan fingerprint density at radius 2 is 1.88 bits per heavy atom. The molecule has 4 rings (SSSR count). The van der Waals surface area contributed by atoms with Gasteiger partial charge in [-0.3, -0.25) is 0 Å². The number of ether oxygens (including phenoxy) is 2. The number of hydrogen-bond donors (Lipinski definition) is 1. The Hall–Kier alpha value is -2.79. The minimum atomic E-state index is -3.75. The van der Waals surface area contributed by atoms with Gasteiger partial charge in [0.15, 0.2) is 5.13 Å². The van der Waals surface area contributed by atoms with Crippen molar-refractivity contribution < 1.29 is 22.7 Å². The second-order valence-corrected chi connectivity index (χ2v) is 10.6. The van der Waals surface area contributed by atoms with Gasteiger partial charge in [0.05, 0.1) is 28.4 Å². The summed E-state index contributed by atoms with van der Waals surface area (Å²) in [5, 5.41) is 5.69. The summed E-state index contributed by atoms with van der Waals surface area (Å²) in [6.45, 7) is 4.20. The molecular weight excluding hydrogens is 462 g/mol. The third-order valence-corrected chi connectivity index (χ3v) is 7.66. The minimum Gasteiger partial charge on any atom is -0.456 e. The van der Waals surface area contributed by atoms with Gasteiger partial charge in [0, 0.05) is 24.2 Å². The van der Waals surface area contributed by atoms with Crippen molar-refractivity contribution in [1.29, 1.82) is 0 Å². The molecule has 10 heteroatoms. The standard InChI is InChI=1S/C23H25N3O5S2/c1-16-12-26(13-17(2)31-16)33(28,29)21-10-6-7-18(11-21)22(27)30-14-20-15-32-23(25-20)24-19-8-4-3-5-9-19/h3-11,15-17H,12-14H2,1-2H3,(H,24,25). The molecule has 1 N–H and O–H groups in total. The maximum atomic E-state index is 13.1. The number of nitrogens with one attached hydrogen (secondary N) is 1. The van der Waals surface area contributed by atoms with Gasteiger partial charge >= 0.3 is 5.97 Å². The van der Waals surface area contributed by atoms with E-state index in [0.717, 1.165) is 5.69 Å². The third kappa shape index (κ3) is 5.77. The van der Waals surface area contributed by atoms with Crippen molar-refractivity contribution in [3.05, 3.63) is 71.2 Å². The quantitative estimate of drug-likeness (QED) is 0.502. The molecule has 174 valence electrons. The fourth-order valence-corrected chi connectivity index (χ4v) is 5.91. The van der Waals surface area contributed by atoms with Crippen molar-refractivity contribution in [2.75, 3.05) is 18.4 Å². The zero-order chi connectivity index (χ0) is 23.4. The van der Waals surface area contributed by atoms with E-state index in [0.29, 0.717) is 10.8 Å². The second kappa shape index (κ2) is 10.0. The first-order valence-corrected chi connectivity index (χ1v) is 12.8. The maximum Gasteiger partial charge on any atom is 0.338 e. The van der Waals surface area contributed by atoms with Crippen molar-refractivity contribution in [3.63, 3.8) is 0 Å². The van der Waals surface area contributed by atoms with Gasteiger partial charge in [-0.25, -0.2) is 18.2 Å².